The van der Waals surface area contributed by atoms with Gasteiger partial charge in [0.15, 0.2) is 11.2 Å². The monoisotopic (exact) mass is 360 g/mol. The molecule has 0 atom stereocenters. The fourth-order valence-corrected chi connectivity index (χ4v) is 3.45. The van der Waals surface area contributed by atoms with E-state index in [1.54, 1.807) is 0 Å². The van der Waals surface area contributed by atoms with Crippen LogP contribution in [0.4, 0.5) is 0 Å². The van der Waals surface area contributed by atoms with Gasteiger partial charge in [0.25, 0.3) is 5.56 Å². The van der Waals surface area contributed by atoms with Gasteiger partial charge in [-0.25, -0.2) is 9.97 Å². The Balaban J connectivity index is 1.70. The Morgan fingerprint density at radius 1 is 1.27 bits per heavy atom. The Morgan fingerprint density at radius 2 is 2.08 bits per heavy atom. The van der Waals surface area contributed by atoms with E-state index < -0.39 is 0 Å². The van der Waals surface area contributed by atoms with Gasteiger partial charge in [-0.05, 0) is 25.9 Å². The number of amides is 1. The maximum absolute atomic E-state index is 12.7. The second-order valence-corrected chi connectivity index (χ2v) is 6.72. The second-order valence-electron chi connectivity index (χ2n) is 6.72. The van der Waals surface area contributed by atoms with Gasteiger partial charge in [0.05, 0.1) is 0 Å². The number of hydrogen-bond donors (Lipinski definition) is 1. The highest BCUT2D eigenvalue weighted by Gasteiger charge is 2.18. The van der Waals surface area contributed by atoms with Crippen molar-refractivity contribution in [1.82, 2.24) is 29.3 Å². The average Bonchev–Trinajstić information content (AvgIpc) is 2.83. The van der Waals surface area contributed by atoms with Gasteiger partial charge in [0.1, 0.15) is 18.7 Å². The molecule has 142 valence electrons. The van der Waals surface area contributed by atoms with E-state index in [1.165, 1.54) is 17.3 Å². The number of hydrogen-bond acceptors (Lipinski definition) is 5. The van der Waals surface area contributed by atoms with E-state index in [2.05, 4.69) is 38.6 Å². The molecule has 1 N–H and O–H groups in total. The van der Waals surface area contributed by atoms with Crippen LogP contribution < -0.4 is 10.9 Å². The van der Waals surface area contributed by atoms with Crippen LogP contribution in [-0.2, 0) is 24.3 Å². The van der Waals surface area contributed by atoms with E-state index in [0.717, 1.165) is 51.3 Å². The Hall–Kier alpha value is -2.22. The first-order valence-electron chi connectivity index (χ1n) is 9.57. The molecule has 3 rings (SSSR count). The molecular formula is C18H28N6O2. The molecule has 26 heavy (non-hydrogen) atoms. The largest absolute Gasteiger partial charge is 0.353 e. The van der Waals surface area contributed by atoms with Crippen LogP contribution in [0.1, 0.15) is 38.9 Å². The van der Waals surface area contributed by atoms with Crippen LogP contribution in [0.15, 0.2) is 11.1 Å². The van der Waals surface area contributed by atoms with Gasteiger partial charge in [-0.15, -0.1) is 0 Å². The van der Waals surface area contributed by atoms with Crippen molar-refractivity contribution in [2.24, 2.45) is 0 Å². The van der Waals surface area contributed by atoms with Gasteiger partial charge in [-0.2, -0.15) is 0 Å². The number of likely N-dealkylation sites (N-methyl/N-ethyl adjacent to an activating group) is 1. The molecule has 3 heterocycles. The highest BCUT2D eigenvalue weighted by atomic mass is 16.2. The third kappa shape index (κ3) is 3.95. The standard InChI is InChI=1S/C18H28N6O2/c1-3-22(4-2)11-9-19-15(25)12-23-13-20-17-16(18(23)26)21-14-8-6-5-7-10-24(14)17/h13H,3-12H2,1-2H3,(H,19,25). The summed E-state index contributed by atoms with van der Waals surface area (Å²) in [5.74, 6) is 0.754. The molecule has 8 heteroatoms. The van der Waals surface area contributed by atoms with E-state index in [0.29, 0.717) is 17.7 Å². The van der Waals surface area contributed by atoms with Gasteiger partial charge >= 0.3 is 0 Å². The van der Waals surface area contributed by atoms with Crippen LogP contribution in [0, 0.1) is 0 Å². The van der Waals surface area contributed by atoms with Crippen molar-refractivity contribution in [1.29, 1.82) is 0 Å². The summed E-state index contributed by atoms with van der Waals surface area (Å²) in [5.41, 5.74) is 0.778. The van der Waals surface area contributed by atoms with Gasteiger partial charge < -0.3 is 14.8 Å². The quantitative estimate of drug-likeness (QED) is 0.789. The Kier molecular flexibility index (Phi) is 6.03. The second kappa shape index (κ2) is 8.44. The highest BCUT2D eigenvalue weighted by molar-refractivity contribution is 5.76. The number of aryl methyl sites for hydroxylation is 2. The number of fused-ring (bicyclic) bond motifs is 3. The minimum absolute atomic E-state index is 0.0256. The van der Waals surface area contributed by atoms with Crippen molar-refractivity contribution in [3.63, 3.8) is 0 Å². The van der Waals surface area contributed by atoms with Gasteiger partial charge in [-0.3, -0.25) is 14.2 Å². The topological polar surface area (TPSA) is 85.1 Å². The van der Waals surface area contributed by atoms with E-state index in [-0.39, 0.29) is 18.0 Å². The molecule has 0 aliphatic carbocycles. The molecule has 0 radical (unpaired) electrons. The molecule has 0 unspecified atom stereocenters. The third-order valence-electron chi connectivity index (χ3n) is 5.04. The number of nitrogens with one attached hydrogen (secondary N) is 1. The van der Waals surface area contributed by atoms with Crippen molar-refractivity contribution in [3.05, 3.63) is 22.5 Å². The predicted molar refractivity (Wildman–Crippen MR) is 100 cm³/mol. The van der Waals surface area contributed by atoms with Crippen LogP contribution in [0.25, 0.3) is 11.2 Å². The summed E-state index contributed by atoms with van der Waals surface area (Å²) in [6, 6.07) is 0. The van der Waals surface area contributed by atoms with E-state index in [4.69, 9.17) is 0 Å². The zero-order valence-electron chi connectivity index (χ0n) is 15.7. The zero-order chi connectivity index (χ0) is 18.5. The fraction of sp³-hybridized carbons (Fsp3) is 0.667. The Bertz CT molecular complexity index is 821. The molecule has 0 spiro atoms. The number of rotatable bonds is 7. The van der Waals surface area contributed by atoms with Gasteiger partial charge in [0.2, 0.25) is 5.91 Å². The van der Waals surface area contributed by atoms with Gasteiger partial charge in [-0.1, -0.05) is 20.3 Å². The number of carbonyl (C=O) groups excluding carboxylic acids is 1. The lowest BCUT2D eigenvalue weighted by Crippen LogP contribution is -2.37. The third-order valence-corrected chi connectivity index (χ3v) is 5.04. The summed E-state index contributed by atoms with van der Waals surface area (Å²) in [6.07, 6.45) is 5.69. The first-order valence-corrected chi connectivity index (χ1v) is 9.57. The maximum atomic E-state index is 12.7. The minimum atomic E-state index is -0.241. The average molecular weight is 360 g/mol. The number of aromatic nitrogens is 4. The molecule has 0 fully saturated rings. The van der Waals surface area contributed by atoms with Crippen molar-refractivity contribution < 1.29 is 4.79 Å². The Morgan fingerprint density at radius 3 is 2.85 bits per heavy atom. The van der Waals surface area contributed by atoms with Crippen molar-refractivity contribution in [3.8, 4) is 0 Å². The lowest BCUT2D eigenvalue weighted by atomic mass is 10.2. The van der Waals surface area contributed by atoms with Crippen LogP contribution in [0.3, 0.4) is 0 Å². The van der Waals surface area contributed by atoms with Crippen LogP contribution in [0.2, 0.25) is 0 Å². The molecule has 0 saturated carbocycles. The summed E-state index contributed by atoms with van der Waals surface area (Å²) in [7, 11) is 0. The van der Waals surface area contributed by atoms with Crippen molar-refractivity contribution >= 4 is 17.1 Å². The highest BCUT2D eigenvalue weighted by Crippen LogP contribution is 2.18. The zero-order valence-corrected chi connectivity index (χ0v) is 15.7. The van der Waals surface area contributed by atoms with Crippen LogP contribution >= 0.6 is 0 Å². The van der Waals surface area contributed by atoms with Crippen molar-refractivity contribution in [2.45, 2.75) is 52.6 Å². The number of nitrogens with zero attached hydrogens (tertiary/aromatic N) is 5. The molecule has 0 aromatic carbocycles. The molecule has 0 saturated heterocycles. The molecule has 8 nitrogen and oxygen atoms in total. The first-order chi connectivity index (χ1) is 12.6. The molecular weight excluding hydrogens is 332 g/mol. The number of carbonyl (C=O) groups is 1. The lowest BCUT2D eigenvalue weighted by molar-refractivity contribution is -0.121. The molecule has 0 bridgehead atoms. The van der Waals surface area contributed by atoms with Gasteiger partial charge in [0, 0.05) is 26.1 Å². The molecule has 1 amide bonds. The first kappa shape index (κ1) is 18.6. The summed E-state index contributed by atoms with van der Waals surface area (Å²) in [6.45, 7) is 8.31. The number of imidazole rings is 1. The van der Waals surface area contributed by atoms with Crippen LogP contribution in [0.5, 0.6) is 0 Å². The van der Waals surface area contributed by atoms with E-state index >= 15 is 0 Å². The van der Waals surface area contributed by atoms with E-state index in [1.807, 2.05) is 0 Å². The summed E-state index contributed by atoms with van der Waals surface area (Å²) < 4.78 is 3.40. The SMILES string of the molecule is CCN(CC)CCNC(=O)Cn1cnc2c(nc3n2CCCCC3)c1=O. The summed E-state index contributed by atoms with van der Waals surface area (Å²) >= 11 is 0. The maximum Gasteiger partial charge on any atom is 0.282 e. The normalized spacial score (nSPS) is 14.4. The molecule has 1 aliphatic rings. The molecule has 2 aromatic heterocycles. The predicted octanol–water partition coefficient (Wildman–Crippen LogP) is 0.777. The Labute approximate surface area is 153 Å². The molecule has 1 aliphatic heterocycles. The molecule has 2 aromatic rings. The van der Waals surface area contributed by atoms with E-state index in [9.17, 15) is 9.59 Å². The summed E-state index contributed by atoms with van der Waals surface area (Å²) in [4.78, 5) is 36.0. The smallest absolute Gasteiger partial charge is 0.282 e. The minimum Gasteiger partial charge on any atom is -0.353 e. The fourth-order valence-electron chi connectivity index (χ4n) is 3.45. The van der Waals surface area contributed by atoms with Crippen molar-refractivity contribution in [2.75, 3.05) is 26.2 Å². The van der Waals surface area contributed by atoms with Crippen LogP contribution in [-0.4, -0.2) is 56.1 Å². The summed E-state index contributed by atoms with van der Waals surface area (Å²) in [5, 5.41) is 2.87. The lowest BCUT2D eigenvalue weighted by Gasteiger charge is -2.18.